The lowest BCUT2D eigenvalue weighted by Crippen LogP contribution is -2.42. The Morgan fingerprint density at radius 1 is 1.45 bits per heavy atom. The summed E-state index contributed by atoms with van der Waals surface area (Å²) in [6.45, 7) is 5.68. The molecule has 0 radical (unpaired) electrons. The third-order valence-corrected chi connectivity index (χ3v) is 2.95. The zero-order valence-electron chi connectivity index (χ0n) is 11.8. The summed E-state index contributed by atoms with van der Waals surface area (Å²) >= 11 is 0. The number of hydrogen-bond donors (Lipinski definition) is 1. The lowest BCUT2D eigenvalue weighted by Gasteiger charge is -2.27. The second kappa shape index (κ2) is 5.25. The normalized spacial score (nSPS) is 11.8. The van der Waals surface area contributed by atoms with E-state index >= 15 is 0 Å². The molecule has 1 aromatic carbocycles. The Hall–Kier alpha value is -1.88. The topological polar surface area (TPSA) is 53.7 Å². The second-order valence-electron chi connectivity index (χ2n) is 5.40. The molecule has 0 unspecified atom stereocenters. The Labute approximate surface area is 116 Å². The molecule has 1 aromatic heterocycles. The Morgan fingerprint density at radius 3 is 2.70 bits per heavy atom. The van der Waals surface area contributed by atoms with Crippen LogP contribution in [-0.2, 0) is 0 Å². The van der Waals surface area contributed by atoms with Crippen molar-refractivity contribution in [2.24, 2.45) is 0 Å². The molecule has 0 aliphatic rings. The van der Waals surface area contributed by atoms with Crippen molar-refractivity contribution in [3.8, 4) is 0 Å². The maximum absolute atomic E-state index is 13.6. The first-order valence-electron chi connectivity index (χ1n) is 6.51. The number of carbonyl (C=O) groups excluding carboxylic acids is 1. The average Bonchev–Trinajstić information content (AvgIpc) is 2.79. The molecule has 2 rings (SSSR count). The minimum absolute atomic E-state index is 0.0789. The van der Waals surface area contributed by atoms with Gasteiger partial charge in [-0.05, 0) is 32.9 Å². The van der Waals surface area contributed by atoms with Crippen LogP contribution in [0.25, 0.3) is 11.0 Å². The summed E-state index contributed by atoms with van der Waals surface area (Å²) in [5, 5.41) is 10.4. The molecule has 1 heterocycles. The second-order valence-corrected chi connectivity index (χ2v) is 5.40. The monoisotopic (exact) mass is 279 g/mol. The molecule has 0 spiro atoms. The van der Waals surface area contributed by atoms with Crippen molar-refractivity contribution in [1.29, 1.82) is 0 Å². The fraction of sp³-hybridized carbons (Fsp3) is 0.400. The number of amides is 1. The lowest BCUT2D eigenvalue weighted by atomic mass is 10.1. The molecule has 0 bridgehead atoms. The highest BCUT2D eigenvalue weighted by atomic mass is 19.1. The van der Waals surface area contributed by atoms with E-state index in [1.54, 1.807) is 26.0 Å². The van der Waals surface area contributed by atoms with Crippen LogP contribution in [0.5, 0.6) is 0 Å². The quantitative estimate of drug-likeness (QED) is 0.936. The molecule has 20 heavy (non-hydrogen) atoms. The molecular weight excluding hydrogens is 261 g/mol. The first-order chi connectivity index (χ1) is 9.31. The summed E-state index contributed by atoms with van der Waals surface area (Å²) < 4.78 is 18.9. The number of hydrogen-bond acceptors (Lipinski definition) is 3. The van der Waals surface area contributed by atoms with Gasteiger partial charge in [-0.2, -0.15) is 0 Å². The van der Waals surface area contributed by atoms with Crippen LogP contribution in [0, 0.1) is 5.82 Å². The Balaban J connectivity index is 2.32. The van der Waals surface area contributed by atoms with Gasteiger partial charge in [0.05, 0.1) is 5.60 Å². The highest BCUT2D eigenvalue weighted by Gasteiger charge is 2.24. The minimum atomic E-state index is -0.997. The molecule has 0 atom stereocenters. The van der Waals surface area contributed by atoms with Gasteiger partial charge in [0.2, 0.25) is 0 Å². The van der Waals surface area contributed by atoms with Gasteiger partial charge in [-0.25, -0.2) is 4.39 Å². The van der Waals surface area contributed by atoms with E-state index in [2.05, 4.69) is 0 Å². The van der Waals surface area contributed by atoms with Crippen molar-refractivity contribution in [3.05, 3.63) is 35.8 Å². The van der Waals surface area contributed by atoms with Crippen LogP contribution < -0.4 is 0 Å². The van der Waals surface area contributed by atoms with Crippen LogP contribution in [0.2, 0.25) is 0 Å². The van der Waals surface area contributed by atoms with E-state index < -0.39 is 11.4 Å². The number of halogens is 1. The summed E-state index contributed by atoms with van der Waals surface area (Å²) in [6.07, 6.45) is 0. The van der Waals surface area contributed by atoms with E-state index in [1.165, 1.54) is 17.0 Å². The molecule has 4 nitrogen and oxygen atoms in total. The van der Waals surface area contributed by atoms with Gasteiger partial charge >= 0.3 is 0 Å². The first kappa shape index (κ1) is 14.5. The van der Waals surface area contributed by atoms with Crippen LogP contribution in [0.3, 0.4) is 0 Å². The molecule has 0 aliphatic heterocycles. The van der Waals surface area contributed by atoms with Gasteiger partial charge < -0.3 is 14.4 Å². The van der Waals surface area contributed by atoms with Gasteiger partial charge in [0, 0.05) is 18.5 Å². The van der Waals surface area contributed by atoms with Gasteiger partial charge in [0.25, 0.3) is 5.91 Å². The molecule has 0 fully saturated rings. The van der Waals surface area contributed by atoms with Crippen LogP contribution in [-0.4, -0.2) is 34.6 Å². The van der Waals surface area contributed by atoms with Crippen LogP contribution in [0.15, 0.2) is 28.7 Å². The van der Waals surface area contributed by atoms with E-state index in [0.717, 1.165) is 0 Å². The molecule has 2 aromatic rings. The van der Waals surface area contributed by atoms with Crippen molar-refractivity contribution in [3.63, 3.8) is 0 Å². The Kier molecular flexibility index (Phi) is 3.81. The number of likely N-dealkylation sites (N-methyl/N-ethyl adjacent to an activating group) is 1. The van der Waals surface area contributed by atoms with E-state index in [0.29, 0.717) is 11.9 Å². The third-order valence-electron chi connectivity index (χ3n) is 2.95. The van der Waals surface area contributed by atoms with E-state index in [9.17, 15) is 14.3 Å². The molecule has 5 heteroatoms. The molecule has 0 aliphatic carbocycles. The van der Waals surface area contributed by atoms with Crippen molar-refractivity contribution >= 4 is 16.9 Å². The zero-order chi connectivity index (χ0) is 14.9. The van der Waals surface area contributed by atoms with Crippen molar-refractivity contribution in [2.45, 2.75) is 26.4 Å². The molecule has 108 valence electrons. The molecule has 0 saturated carbocycles. The van der Waals surface area contributed by atoms with Crippen LogP contribution in [0.4, 0.5) is 4.39 Å². The minimum Gasteiger partial charge on any atom is -0.448 e. The number of carbonyl (C=O) groups is 1. The highest BCUT2D eigenvalue weighted by Crippen LogP contribution is 2.23. The number of aliphatic hydroxyl groups is 1. The predicted octanol–water partition coefficient (Wildman–Crippen LogP) is 2.80. The summed E-state index contributed by atoms with van der Waals surface area (Å²) in [6, 6.07) is 6.06. The maximum Gasteiger partial charge on any atom is 0.289 e. The first-order valence-corrected chi connectivity index (χ1v) is 6.51. The molecule has 1 N–H and O–H groups in total. The SMILES string of the molecule is CCN(CC(C)(C)O)C(=O)c1cc2cccc(F)c2o1. The van der Waals surface area contributed by atoms with Gasteiger partial charge in [-0.3, -0.25) is 4.79 Å². The maximum atomic E-state index is 13.6. The number of benzene rings is 1. The van der Waals surface area contributed by atoms with Crippen LogP contribution >= 0.6 is 0 Å². The van der Waals surface area contributed by atoms with Gasteiger partial charge in [0.1, 0.15) is 0 Å². The summed E-state index contributed by atoms with van der Waals surface area (Å²) in [5.74, 6) is -0.770. The van der Waals surface area contributed by atoms with Crippen LogP contribution in [0.1, 0.15) is 31.3 Å². The van der Waals surface area contributed by atoms with Crippen molar-refractivity contribution in [1.82, 2.24) is 4.90 Å². The standard InChI is InChI=1S/C15H18FNO3/c1-4-17(9-15(2,3)19)14(18)12-8-10-6-5-7-11(16)13(10)20-12/h5-8,19H,4,9H2,1-3H3. The van der Waals surface area contributed by atoms with Gasteiger partial charge in [-0.1, -0.05) is 12.1 Å². The van der Waals surface area contributed by atoms with E-state index in [4.69, 9.17) is 4.42 Å². The largest absolute Gasteiger partial charge is 0.448 e. The van der Waals surface area contributed by atoms with E-state index in [-0.39, 0.29) is 23.8 Å². The number of rotatable bonds is 4. The number of fused-ring (bicyclic) bond motifs is 1. The Morgan fingerprint density at radius 2 is 2.15 bits per heavy atom. The highest BCUT2D eigenvalue weighted by molar-refractivity contribution is 5.96. The fourth-order valence-corrected chi connectivity index (χ4v) is 2.08. The molecule has 0 saturated heterocycles. The Bertz CT molecular complexity index is 628. The third kappa shape index (κ3) is 2.99. The summed E-state index contributed by atoms with van der Waals surface area (Å²) in [5.41, 5.74) is -0.918. The molecular formula is C15H18FNO3. The molecule has 1 amide bonds. The zero-order valence-corrected chi connectivity index (χ0v) is 11.8. The lowest BCUT2D eigenvalue weighted by molar-refractivity contribution is 0.0299. The summed E-state index contributed by atoms with van der Waals surface area (Å²) in [4.78, 5) is 13.8. The van der Waals surface area contributed by atoms with Crippen molar-refractivity contribution < 1.29 is 18.7 Å². The average molecular weight is 279 g/mol. The predicted molar refractivity (Wildman–Crippen MR) is 74.0 cm³/mol. The van der Waals surface area contributed by atoms with Gasteiger partial charge in [0.15, 0.2) is 17.2 Å². The number of para-hydroxylation sites is 1. The van der Waals surface area contributed by atoms with E-state index in [1.807, 2.05) is 6.92 Å². The smallest absolute Gasteiger partial charge is 0.289 e. The summed E-state index contributed by atoms with van der Waals surface area (Å²) in [7, 11) is 0. The fourth-order valence-electron chi connectivity index (χ4n) is 2.08. The van der Waals surface area contributed by atoms with Crippen molar-refractivity contribution in [2.75, 3.05) is 13.1 Å². The number of nitrogens with zero attached hydrogens (tertiary/aromatic N) is 1. The number of furan rings is 1. The van der Waals surface area contributed by atoms with Gasteiger partial charge in [-0.15, -0.1) is 0 Å².